The lowest BCUT2D eigenvalue weighted by Gasteiger charge is -2.33. The molecule has 0 saturated carbocycles. The second-order valence-electron chi connectivity index (χ2n) is 4.81. The minimum atomic E-state index is -0.856. The molecule has 0 aromatic carbocycles. The van der Waals surface area contributed by atoms with Gasteiger partial charge in [0.2, 0.25) is 0 Å². The molecule has 0 spiro atoms. The number of nitrogens with two attached hydrogens (primary N) is 1. The van der Waals surface area contributed by atoms with Crippen molar-refractivity contribution < 1.29 is 5.11 Å². The molecule has 1 aliphatic carbocycles. The van der Waals surface area contributed by atoms with Gasteiger partial charge in [0.1, 0.15) is 5.60 Å². The van der Waals surface area contributed by atoms with E-state index in [9.17, 15) is 5.11 Å². The summed E-state index contributed by atoms with van der Waals surface area (Å²) in [6, 6.07) is 0. The maximum atomic E-state index is 10.4. The zero-order valence-corrected chi connectivity index (χ0v) is 9.84. The molecule has 3 nitrogen and oxygen atoms in total. The lowest BCUT2D eigenvalue weighted by Crippen LogP contribution is -2.29. The Labute approximate surface area is 93.6 Å². The molecule has 15 heavy (non-hydrogen) atoms. The molecule has 3 N–H and O–H groups in total. The molecule has 2 rings (SSSR count). The van der Waals surface area contributed by atoms with E-state index in [1.165, 1.54) is 11.3 Å². The van der Waals surface area contributed by atoms with E-state index in [1.54, 1.807) is 6.20 Å². The van der Waals surface area contributed by atoms with Gasteiger partial charge in [-0.1, -0.05) is 37.3 Å². The number of nitrogens with zero attached hydrogens (tertiary/aromatic N) is 1. The summed E-state index contributed by atoms with van der Waals surface area (Å²) in [5.41, 5.74) is 4.90. The number of hydrogen-bond acceptors (Lipinski definition) is 4. The fourth-order valence-electron chi connectivity index (χ4n) is 1.74. The van der Waals surface area contributed by atoms with E-state index in [-0.39, 0.29) is 5.41 Å². The van der Waals surface area contributed by atoms with Gasteiger partial charge in [-0.25, -0.2) is 4.98 Å². The number of aliphatic hydroxyl groups is 1. The van der Waals surface area contributed by atoms with Crippen LogP contribution in [0.3, 0.4) is 0 Å². The second kappa shape index (κ2) is 3.32. The van der Waals surface area contributed by atoms with E-state index in [0.717, 1.165) is 17.7 Å². The molecule has 1 aromatic heterocycles. The van der Waals surface area contributed by atoms with Crippen molar-refractivity contribution in [3.63, 3.8) is 0 Å². The number of hydrogen-bond donors (Lipinski definition) is 2. The van der Waals surface area contributed by atoms with Gasteiger partial charge in [0.25, 0.3) is 0 Å². The van der Waals surface area contributed by atoms with Gasteiger partial charge in [-0.3, -0.25) is 0 Å². The van der Waals surface area contributed by atoms with Crippen LogP contribution >= 0.6 is 11.3 Å². The van der Waals surface area contributed by atoms with E-state index in [2.05, 4.69) is 24.9 Å². The Balaban J connectivity index is 2.30. The predicted octanol–water partition coefficient (Wildman–Crippen LogP) is 2.29. The average Bonchev–Trinajstić information content (AvgIpc) is 2.59. The molecule has 1 heterocycles. The van der Waals surface area contributed by atoms with Crippen LogP contribution in [0.15, 0.2) is 18.3 Å². The fourth-order valence-corrected chi connectivity index (χ4v) is 2.52. The molecule has 1 aliphatic rings. The van der Waals surface area contributed by atoms with Crippen LogP contribution in [-0.2, 0) is 5.60 Å². The molecule has 82 valence electrons. The van der Waals surface area contributed by atoms with Crippen LogP contribution in [-0.4, -0.2) is 10.1 Å². The summed E-state index contributed by atoms with van der Waals surface area (Å²) < 4.78 is 0. The van der Waals surface area contributed by atoms with E-state index >= 15 is 0 Å². The highest BCUT2D eigenvalue weighted by Gasteiger charge is 2.34. The predicted molar refractivity (Wildman–Crippen MR) is 62.6 cm³/mol. The quantitative estimate of drug-likeness (QED) is 0.719. The molecule has 0 radical (unpaired) electrons. The smallest absolute Gasteiger partial charge is 0.180 e. The Hall–Kier alpha value is -0.870. The first-order valence-corrected chi connectivity index (χ1v) is 5.88. The Morgan fingerprint density at radius 2 is 2.13 bits per heavy atom. The molecule has 4 heteroatoms. The number of nitrogen functional groups attached to an aromatic ring is 1. The van der Waals surface area contributed by atoms with Gasteiger partial charge in [0.15, 0.2) is 5.13 Å². The van der Waals surface area contributed by atoms with Crippen LogP contribution in [0.1, 0.15) is 31.6 Å². The van der Waals surface area contributed by atoms with Crippen molar-refractivity contribution in [2.45, 2.75) is 32.3 Å². The molecule has 1 unspecified atom stereocenters. The van der Waals surface area contributed by atoms with E-state index in [0.29, 0.717) is 5.13 Å². The van der Waals surface area contributed by atoms with Crippen molar-refractivity contribution in [3.05, 3.63) is 23.2 Å². The van der Waals surface area contributed by atoms with Crippen LogP contribution < -0.4 is 5.73 Å². The molecule has 1 atom stereocenters. The largest absolute Gasteiger partial charge is 0.380 e. The average molecular weight is 224 g/mol. The first kappa shape index (κ1) is 10.6. The lowest BCUT2D eigenvalue weighted by molar-refractivity contribution is 0.0614. The number of thiazole rings is 1. The van der Waals surface area contributed by atoms with Gasteiger partial charge in [-0.15, -0.1) is 0 Å². The van der Waals surface area contributed by atoms with Crippen molar-refractivity contribution in [1.29, 1.82) is 0 Å². The molecular formula is C11H16N2OS. The standard InChI is InChI=1S/C11H16N2OS/c1-10(2)3-5-11(14,6-4-10)8-7-13-9(12)15-8/h3,5,7,14H,4,6H2,1-2H3,(H2,12,13). The van der Waals surface area contributed by atoms with E-state index in [1.807, 2.05) is 6.08 Å². The van der Waals surface area contributed by atoms with Crippen molar-refractivity contribution in [1.82, 2.24) is 4.98 Å². The van der Waals surface area contributed by atoms with Gasteiger partial charge in [-0.2, -0.15) is 0 Å². The zero-order chi connectivity index (χ0) is 11.1. The fraction of sp³-hybridized carbons (Fsp3) is 0.545. The maximum absolute atomic E-state index is 10.4. The number of allylic oxidation sites excluding steroid dienone is 1. The summed E-state index contributed by atoms with van der Waals surface area (Å²) in [5, 5.41) is 10.9. The molecule has 0 amide bonds. The van der Waals surface area contributed by atoms with Crippen molar-refractivity contribution in [2.24, 2.45) is 5.41 Å². The molecule has 0 saturated heterocycles. The SMILES string of the molecule is CC1(C)C=CC(O)(c2cnc(N)s2)CC1. The highest BCUT2D eigenvalue weighted by Crippen LogP contribution is 2.41. The van der Waals surface area contributed by atoms with E-state index in [4.69, 9.17) is 5.73 Å². The summed E-state index contributed by atoms with van der Waals surface area (Å²) in [6.45, 7) is 4.34. The topological polar surface area (TPSA) is 59.1 Å². The summed E-state index contributed by atoms with van der Waals surface area (Å²) in [6.07, 6.45) is 7.33. The Kier molecular flexibility index (Phi) is 2.35. The first-order valence-electron chi connectivity index (χ1n) is 5.06. The van der Waals surface area contributed by atoms with Crippen LogP contribution in [0.2, 0.25) is 0 Å². The third kappa shape index (κ3) is 2.06. The summed E-state index contributed by atoms with van der Waals surface area (Å²) in [4.78, 5) is 4.82. The molecular weight excluding hydrogens is 208 g/mol. The third-order valence-corrected chi connectivity index (χ3v) is 3.90. The highest BCUT2D eigenvalue weighted by atomic mass is 32.1. The summed E-state index contributed by atoms with van der Waals surface area (Å²) in [5.74, 6) is 0. The molecule has 0 bridgehead atoms. The van der Waals surface area contributed by atoms with Gasteiger partial charge in [0, 0.05) is 6.20 Å². The Bertz CT molecular complexity index is 397. The van der Waals surface area contributed by atoms with Gasteiger partial charge in [-0.05, 0) is 18.3 Å². The molecule has 0 fully saturated rings. The molecule has 1 aromatic rings. The maximum Gasteiger partial charge on any atom is 0.180 e. The lowest BCUT2D eigenvalue weighted by atomic mass is 9.76. The van der Waals surface area contributed by atoms with Crippen LogP contribution in [0, 0.1) is 5.41 Å². The first-order chi connectivity index (χ1) is 6.91. The summed E-state index contributed by atoms with van der Waals surface area (Å²) in [7, 11) is 0. The van der Waals surface area contributed by atoms with Crippen LogP contribution in [0.4, 0.5) is 5.13 Å². The van der Waals surface area contributed by atoms with Crippen molar-refractivity contribution >= 4 is 16.5 Å². The van der Waals surface area contributed by atoms with Gasteiger partial charge < -0.3 is 10.8 Å². The monoisotopic (exact) mass is 224 g/mol. The minimum absolute atomic E-state index is 0.183. The highest BCUT2D eigenvalue weighted by molar-refractivity contribution is 7.15. The number of anilines is 1. The van der Waals surface area contributed by atoms with Gasteiger partial charge in [0.05, 0.1) is 4.88 Å². The number of rotatable bonds is 1. The molecule has 0 aliphatic heterocycles. The normalized spacial score (nSPS) is 29.3. The Morgan fingerprint density at radius 1 is 1.40 bits per heavy atom. The number of aromatic nitrogens is 1. The minimum Gasteiger partial charge on any atom is -0.380 e. The second-order valence-corrected chi connectivity index (χ2v) is 5.87. The van der Waals surface area contributed by atoms with Gasteiger partial charge >= 0.3 is 0 Å². The summed E-state index contributed by atoms with van der Waals surface area (Å²) >= 11 is 1.36. The van der Waals surface area contributed by atoms with Crippen LogP contribution in [0.25, 0.3) is 0 Å². The van der Waals surface area contributed by atoms with Crippen molar-refractivity contribution in [2.75, 3.05) is 5.73 Å². The third-order valence-electron chi connectivity index (χ3n) is 2.91. The van der Waals surface area contributed by atoms with E-state index < -0.39 is 5.60 Å². The zero-order valence-electron chi connectivity index (χ0n) is 9.03. The van der Waals surface area contributed by atoms with Crippen molar-refractivity contribution in [3.8, 4) is 0 Å². The van der Waals surface area contributed by atoms with Crippen LogP contribution in [0.5, 0.6) is 0 Å². The Morgan fingerprint density at radius 3 is 2.60 bits per heavy atom.